The molecule has 2 nitrogen and oxygen atoms in total. The second-order valence-electron chi connectivity index (χ2n) is 3.91. The van der Waals surface area contributed by atoms with Gasteiger partial charge in [0, 0.05) is 11.6 Å². The molecule has 0 bridgehead atoms. The quantitative estimate of drug-likeness (QED) is 0.894. The molecule has 0 fully saturated rings. The third-order valence-corrected chi connectivity index (χ3v) is 2.78. The SMILES string of the molecule is CC(C)C[C@H](N)c1cccc(Br)c1O.Cl. The first-order chi connectivity index (χ1) is 6.52. The van der Waals surface area contributed by atoms with E-state index in [1.165, 1.54) is 0 Å². The summed E-state index contributed by atoms with van der Waals surface area (Å²) >= 11 is 3.28. The molecule has 0 aromatic heterocycles. The zero-order valence-corrected chi connectivity index (χ0v) is 11.3. The van der Waals surface area contributed by atoms with Crippen LogP contribution in [0.4, 0.5) is 0 Å². The van der Waals surface area contributed by atoms with Crippen molar-refractivity contribution in [1.29, 1.82) is 0 Å². The van der Waals surface area contributed by atoms with Gasteiger partial charge in [-0.15, -0.1) is 12.4 Å². The highest BCUT2D eigenvalue weighted by atomic mass is 79.9. The minimum atomic E-state index is -0.0903. The summed E-state index contributed by atoms with van der Waals surface area (Å²) in [4.78, 5) is 0. The second-order valence-corrected chi connectivity index (χ2v) is 4.77. The van der Waals surface area contributed by atoms with Gasteiger partial charge >= 0.3 is 0 Å². The number of aromatic hydroxyl groups is 1. The van der Waals surface area contributed by atoms with Crippen LogP contribution in [0.1, 0.15) is 31.9 Å². The molecule has 0 spiro atoms. The molecular formula is C11H17BrClNO. The highest BCUT2D eigenvalue weighted by molar-refractivity contribution is 9.10. The number of hydrogen-bond acceptors (Lipinski definition) is 2. The van der Waals surface area contributed by atoms with E-state index in [4.69, 9.17) is 5.73 Å². The predicted octanol–water partition coefficient (Wildman–Crippen LogP) is 3.62. The normalized spacial score (nSPS) is 12.3. The summed E-state index contributed by atoms with van der Waals surface area (Å²) in [6, 6.07) is 5.47. The predicted molar refractivity (Wildman–Crippen MR) is 69.4 cm³/mol. The van der Waals surface area contributed by atoms with Crippen LogP contribution < -0.4 is 5.73 Å². The van der Waals surface area contributed by atoms with Crippen LogP contribution in [0.25, 0.3) is 0 Å². The molecule has 0 unspecified atom stereocenters. The number of phenols is 1. The van der Waals surface area contributed by atoms with Crippen LogP contribution in [0.5, 0.6) is 5.75 Å². The summed E-state index contributed by atoms with van der Waals surface area (Å²) < 4.78 is 0.703. The Bertz CT molecular complexity index is 317. The van der Waals surface area contributed by atoms with Gasteiger partial charge in [-0.1, -0.05) is 26.0 Å². The molecule has 0 saturated carbocycles. The molecular weight excluding hydrogens is 277 g/mol. The molecule has 0 aliphatic carbocycles. The van der Waals surface area contributed by atoms with E-state index < -0.39 is 0 Å². The molecule has 15 heavy (non-hydrogen) atoms. The Morgan fingerprint density at radius 3 is 2.53 bits per heavy atom. The first-order valence-electron chi connectivity index (χ1n) is 4.75. The molecule has 1 aromatic carbocycles. The van der Waals surface area contributed by atoms with Gasteiger partial charge in [0.2, 0.25) is 0 Å². The molecule has 0 aliphatic rings. The van der Waals surface area contributed by atoms with Crippen LogP contribution in [0.3, 0.4) is 0 Å². The first kappa shape index (κ1) is 14.8. The fraction of sp³-hybridized carbons (Fsp3) is 0.455. The van der Waals surface area contributed by atoms with Crippen LogP contribution in [0, 0.1) is 5.92 Å². The van der Waals surface area contributed by atoms with Gasteiger partial charge in [-0.3, -0.25) is 0 Å². The lowest BCUT2D eigenvalue weighted by molar-refractivity contribution is 0.442. The standard InChI is InChI=1S/C11H16BrNO.ClH/c1-7(2)6-10(13)8-4-3-5-9(12)11(8)14;/h3-5,7,10,14H,6,13H2,1-2H3;1H/t10-;/m0./s1. The van der Waals surface area contributed by atoms with Gasteiger partial charge in [0.05, 0.1) is 4.47 Å². The second kappa shape index (κ2) is 6.36. The van der Waals surface area contributed by atoms with Crippen LogP contribution in [-0.4, -0.2) is 5.11 Å². The van der Waals surface area contributed by atoms with Crippen molar-refractivity contribution >= 4 is 28.3 Å². The Kier molecular flexibility index (Phi) is 6.25. The Morgan fingerprint density at radius 1 is 1.40 bits per heavy atom. The van der Waals surface area contributed by atoms with Crippen LogP contribution in [0.15, 0.2) is 22.7 Å². The van der Waals surface area contributed by atoms with E-state index in [1.807, 2.05) is 12.1 Å². The Balaban J connectivity index is 0.00000196. The largest absolute Gasteiger partial charge is 0.506 e. The topological polar surface area (TPSA) is 46.2 Å². The van der Waals surface area contributed by atoms with Crippen molar-refractivity contribution in [3.05, 3.63) is 28.2 Å². The van der Waals surface area contributed by atoms with E-state index in [9.17, 15) is 5.11 Å². The maximum absolute atomic E-state index is 9.75. The van der Waals surface area contributed by atoms with Crippen LogP contribution in [0.2, 0.25) is 0 Å². The first-order valence-corrected chi connectivity index (χ1v) is 5.54. The number of rotatable bonds is 3. The highest BCUT2D eigenvalue weighted by Gasteiger charge is 2.13. The Morgan fingerprint density at radius 2 is 2.00 bits per heavy atom. The lowest BCUT2D eigenvalue weighted by Gasteiger charge is -2.16. The van der Waals surface area contributed by atoms with Gasteiger partial charge in [0.25, 0.3) is 0 Å². The number of para-hydroxylation sites is 1. The molecule has 0 saturated heterocycles. The zero-order chi connectivity index (χ0) is 10.7. The number of phenolic OH excluding ortho intramolecular Hbond substituents is 1. The van der Waals surface area contributed by atoms with Gasteiger partial charge in [-0.25, -0.2) is 0 Å². The molecule has 0 radical (unpaired) electrons. The molecule has 1 aromatic rings. The third kappa shape index (κ3) is 4.01. The lowest BCUT2D eigenvalue weighted by Crippen LogP contribution is -2.13. The fourth-order valence-corrected chi connectivity index (χ4v) is 1.85. The average Bonchev–Trinajstić information content (AvgIpc) is 2.08. The summed E-state index contributed by atoms with van der Waals surface area (Å²) in [5.74, 6) is 0.795. The molecule has 0 amide bonds. The summed E-state index contributed by atoms with van der Waals surface area (Å²) in [7, 11) is 0. The van der Waals surface area contributed by atoms with Crippen LogP contribution in [-0.2, 0) is 0 Å². The van der Waals surface area contributed by atoms with Crippen molar-refractivity contribution in [2.24, 2.45) is 11.7 Å². The number of benzene rings is 1. The van der Waals surface area contributed by atoms with Gasteiger partial charge < -0.3 is 10.8 Å². The van der Waals surface area contributed by atoms with Crippen LogP contribution >= 0.6 is 28.3 Å². The maximum atomic E-state index is 9.75. The van der Waals surface area contributed by atoms with E-state index >= 15 is 0 Å². The monoisotopic (exact) mass is 293 g/mol. The minimum absolute atomic E-state index is 0. The van der Waals surface area contributed by atoms with Gasteiger partial charge in [-0.2, -0.15) is 0 Å². The summed E-state index contributed by atoms with van der Waals surface area (Å²) in [6.07, 6.45) is 0.879. The van der Waals surface area contributed by atoms with Crippen molar-refractivity contribution in [3.8, 4) is 5.75 Å². The van der Waals surface area contributed by atoms with E-state index in [-0.39, 0.29) is 24.2 Å². The van der Waals surface area contributed by atoms with E-state index in [0.717, 1.165) is 12.0 Å². The smallest absolute Gasteiger partial charge is 0.134 e. The summed E-state index contributed by atoms with van der Waals surface area (Å²) in [5.41, 5.74) is 6.80. The zero-order valence-electron chi connectivity index (χ0n) is 8.90. The van der Waals surface area contributed by atoms with Gasteiger partial charge in [0.15, 0.2) is 0 Å². The molecule has 0 aliphatic heterocycles. The maximum Gasteiger partial charge on any atom is 0.134 e. The average molecular weight is 295 g/mol. The highest BCUT2D eigenvalue weighted by Crippen LogP contribution is 2.32. The number of hydrogen-bond donors (Lipinski definition) is 2. The summed E-state index contributed by atoms with van der Waals surface area (Å²) in [6.45, 7) is 4.24. The van der Waals surface area contributed by atoms with Crippen molar-refractivity contribution in [2.75, 3.05) is 0 Å². The molecule has 4 heteroatoms. The molecule has 1 atom stereocenters. The molecule has 0 heterocycles. The Labute approximate surface area is 105 Å². The fourth-order valence-electron chi connectivity index (χ4n) is 1.47. The van der Waals surface area contributed by atoms with E-state index in [0.29, 0.717) is 10.4 Å². The van der Waals surface area contributed by atoms with Crippen molar-refractivity contribution < 1.29 is 5.11 Å². The van der Waals surface area contributed by atoms with Crippen molar-refractivity contribution in [3.63, 3.8) is 0 Å². The van der Waals surface area contributed by atoms with E-state index in [1.54, 1.807) is 6.07 Å². The van der Waals surface area contributed by atoms with Gasteiger partial charge in [0.1, 0.15) is 5.75 Å². The lowest BCUT2D eigenvalue weighted by atomic mass is 9.97. The molecule has 3 N–H and O–H groups in total. The number of halogens is 2. The van der Waals surface area contributed by atoms with E-state index in [2.05, 4.69) is 29.8 Å². The molecule has 1 rings (SSSR count). The molecule has 86 valence electrons. The summed E-state index contributed by atoms with van der Waals surface area (Å²) in [5, 5.41) is 9.75. The van der Waals surface area contributed by atoms with Crippen molar-refractivity contribution in [2.45, 2.75) is 26.3 Å². The number of nitrogens with two attached hydrogens (primary N) is 1. The van der Waals surface area contributed by atoms with Gasteiger partial charge in [-0.05, 0) is 34.3 Å². The minimum Gasteiger partial charge on any atom is -0.506 e. The van der Waals surface area contributed by atoms with Crippen molar-refractivity contribution in [1.82, 2.24) is 0 Å². The third-order valence-electron chi connectivity index (χ3n) is 2.14. The Hall–Kier alpha value is -0.250.